The Kier molecular flexibility index (Phi) is 6.65. The van der Waals surface area contributed by atoms with Gasteiger partial charge in [-0.3, -0.25) is 0 Å². The molecule has 0 bridgehead atoms. The number of carbonyl (C=O) groups excluding carboxylic acids is 1. The number of benzene rings is 2. The van der Waals surface area contributed by atoms with Gasteiger partial charge in [0.2, 0.25) is 0 Å². The predicted molar refractivity (Wildman–Crippen MR) is 93.2 cm³/mol. The fraction of sp³-hybridized carbons (Fsp3) is 0.278. The standard InChI is InChI=1S/C18H21NO3S/c1-22-18(21)15-7-5-13(6-8-15)12-23-17(10-19)16-4-2-3-14(9-16)11-20/h2-9,17,20H,10-12,19H2,1H3. The largest absolute Gasteiger partial charge is 0.465 e. The number of ether oxygens (including phenoxy) is 1. The summed E-state index contributed by atoms with van der Waals surface area (Å²) in [6.07, 6.45) is 0. The smallest absolute Gasteiger partial charge is 0.337 e. The second kappa shape index (κ2) is 8.72. The molecule has 0 saturated heterocycles. The summed E-state index contributed by atoms with van der Waals surface area (Å²) in [4.78, 5) is 11.4. The molecule has 0 aliphatic carbocycles. The molecule has 0 aliphatic heterocycles. The number of esters is 1. The van der Waals surface area contributed by atoms with Crippen molar-refractivity contribution in [1.29, 1.82) is 0 Å². The number of hydrogen-bond acceptors (Lipinski definition) is 5. The van der Waals surface area contributed by atoms with E-state index in [4.69, 9.17) is 10.5 Å². The van der Waals surface area contributed by atoms with E-state index in [2.05, 4.69) is 0 Å². The van der Waals surface area contributed by atoms with Crippen molar-refractivity contribution >= 4 is 17.7 Å². The Morgan fingerprint density at radius 2 is 1.96 bits per heavy atom. The van der Waals surface area contributed by atoms with Crippen molar-refractivity contribution in [3.8, 4) is 0 Å². The first-order valence-electron chi connectivity index (χ1n) is 7.36. The number of carbonyl (C=O) groups is 1. The topological polar surface area (TPSA) is 72.5 Å². The molecule has 0 amide bonds. The van der Waals surface area contributed by atoms with Crippen molar-refractivity contribution in [2.45, 2.75) is 17.6 Å². The number of thioether (sulfide) groups is 1. The average Bonchev–Trinajstić information content (AvgIpc) is 2.62. The molecule has 2 aromatic rings. The van der Waals surface area contributed by atoms with Crippen LogP contribution in [0.15, 0.2) is 48.5 Å². The molecule has 23 heavy (non-hydrogen) atoms. The summed E-state index contributed by atoms with van der Waals surface area (Å²) in [7, 11) is 1.37. The lowest BCUT2D eigenvalue weighted by molar-refractivity contribution is 0.0600. The van der Waals surface area contributed by atoms with Gasteiger partial charge in [0.1, 0.15) is 0 Å². The second-order valence-electron chi connectivity index (χ2n) is 5.13. The van der Waals surface area contributed by atoms with Crippen LogP contribution in [-0.2, 0) is 17.1 Å². The van der Waals surface area contributed by atoms with Gasteiger partial charge in [0, 0.05) is 17.5 Å². The Bertz CT molecular complexity index is 643. The van der Waals surface area contributed by atoms with Gasteiger partial charge in [-0.1, -0.05) is 36.4 Å². The Balaban J connectivity index is 2.01. The molecule has 0 heterocycles. The summed E-state index contributed by atoms with van der Waals surface area (Å²) in [5, 5.41) is 9.41. The third-order valence-electron chi connectivity index (χ3n) is 3.55. The minimum absolute atomic E-state index is 0.0325. The molecule has 2 aromatic carbocycles. The molecule has 0 saturated carbocycles. The summed E-state index contributed by atoms with van der Waals surface area (Å²) in [6.45, 7) is 0.560. The van der Waals surface area contributed by atoms with Crippen LogP contribution >= 0.6 is 11.8 Å². The second-order valence-corrected chi connectivity index (χ2v) is 6.32. The van der Waals surface area contributed by atoms with Crippen LogP contribution in [0.5, 0.6) is 0 Å². The SMILES string of the molecule is COC(=O)c1ccc(CSC(CN)c2cccc(CO)c2)cc1. The first kappa shape index (κ1) is 17.5. The lowest BCUT2D eigenvalue weighted by atomic mass is 10.1. The normalized spacial score (nSPS) is 12.0. The van der Waals surface area contributed by atoms with E-state index in [9.17, 15) is 9.90 Å². The Morgan fingerprint density at radius 3 is 2.57 bits per heavy atom. The lowest BCUT2D eigenvalue weighted by Gasteiger charge is -2.16. The summed E-state index contributed by atoms with van der Waals surface area (Å²) >= 11 is 1.74. The Morgan fingerprint density at radius 1 is 1.22 bits per heavy atom. The highest BCUT2D eigenvalue weighted by Crippen LogP contribution is 2.31. The van der Waals surface area contributed by atoms with E-state index >= 15 is 0 Å². The molecule has 2 rings (SSSR count). The first-order valence-corrected chi connectivity index (χ1v) is 8.41. The van der Waals surface area contributed by atoms with Crippen molar-refractivity contribution in [2.75, 3.05) is 13.7 Å². The molecule has 0 fully saturated rings. The highest BCUT2D eigenvalue weighted by Gasteiger charge is 2.11. The van der Waals surface area contributed by atoms with Gasteiger partial charge in [0.25, 0.3) is 0 Å². The average molecular weight is 331 g/mol. The maximum absolute atomic E-state index is 11.4. The molecule has 4 nitrogen and oxygen atoms in total. The van der Waals surface area contributed by atoms with E-state index in [0.717, 1.165) is 22.4 Å². The Labute approximate surface area is 140 Å². The summed E-state index contributed by atoms with van der Waals surface area (Å²) in [6, 6.07) is 15.3. The van der Waals surface area contributed by atoms with E-state index < -0.39 is 0 Å². The number of rotatable bonds is 7. The molecular formula is C18H21NO3S. The van der Waals surface area contributed by atoms with Crippen molar-refractivity contribution in [1.82, 2.24) is 0 Å². The van der Waals surface area contributed by atoms with Crippen molar-refractivity contribution in [2.24, 2.45) is 5.73 Å². The van der Waals surface area contributed by atoms with Gasteiger partial charge in [-0.15, -0.1) is 11.8 Å². The Hall–Kier alpha value is -1.82. The quantitative estimate of drug-likeness (QED) is 0.763. The molecule has 5 heteroatoms. The van der Waals surface area contributed by atoms with E-state index in [1.807, 2.05) is 36.4 Å². The minimum atomic E-state index is -0.329. The molecule has 1 atom stereocenters. The van der Waals surface area contributed by atoms with Crippen LogP contribution < -0.4 is 5.73 Å². The zero-order valence-electron chi connectivity index (χ0n) is 13.1. The highest BCUT2D eigenvalue weighted by molar-refractivity contribution is 7.98. The minimum Gasteiger partial charge on any atom is -0.465 e. The molecule has 3 N–H and O–H groups in total. The monoisotopic (exact) mass is 331 g/mol. The maximum atomic E-state index is 11.4. The lowest BCUT2D eigenvalue weighted by Crippen LogP contribution is -2.10. The summed E-state index contributed by atoms with van der Waals surface area (Å²) in [5.74, 6) is 0.469. The van der Waals surface area contributed by atoms with Gasteiger partial charge in [-0.25, -0.2) is 4.79 Å². The zero-order valence-corrected chi connectivity index (χ0v) is 13.9. The van der Waals surface area contributed by atoms with E-state index in [1.54, 1.807) is 23.9 Å². The number of hydrogen-bond donors (Lipinski definition) is 2. The van der Waals surface area contributed by atoms with E-state index in [1.165, 1.54) is 7.11 Å². The van der Waals surface area contributed by atoms with E-state index in [-0.39, 0.29) is 17.8 Å². The van der Waals surface area contributed by atoms with Gasteiger partial charge in [-0.2, -0.15) is 0 Å². The molecule has 0 radical (unpaired) electrons. The summed E-state index contributed by atoms with van der Waals surface area (Å²) < 4.78 is 4.69. The van der Waals surface area contributed by atoms with Crippen LogP contribution in [0.4, 0.5) is 0 Å². The van der Waals surface area contributed by atoms with Gasteiger partial charge < -0.3 is 15.6 Å². The molecule has 0 aliphatic rings. The van der Waals surface area contributed by atoms with Crippen molar-refractivity contribution < 1.29 is 14.6 Å². The fourth-order valence-electron chi connectivity index (χ4n) is 2.24. The van der Waals surface area contributed by atoms with Gasteiger partial charge in [-0.05, 0) is 28.8 Å². The number of aliphatic hydroxyl groups is 1. The van der Waals surface area contributed by atoms with E-state index in [0.29, 0.717) is 12.1 Å². The van der Waals surface area contributed by atoms with Gasteiger partial charge >= 0.3 is 5.97 Å². The number of methoxy groups -OCH3 is 1. The number of aliphatic hydroxyl groups excluding tert-OH is 1. The van der Waals surface area contributed by atoms with Crippen molar-refractivity contribution in [3.63, 3.8) is 0 Å². The maximum Gasteiger partial charge on any atom is 0.337 e. The highest BCUT2D eigenvalue weighted by atomic mass is 32.2. The zero-order chi connectivity index (χ0) is 16.7. The third-order valence-corrected chi connectivity index (χ3v) is 4.91. The van der Waals surface area contributed by atoms with Crippen LogP contribution in [0.25, 0.3) is 0 Å². The predicted octanol–water partition coefficient (Wildman–Crippen LogP) is 2.90. The van der Waals surface area contributed by atoms with Gasteiger partial charge in [0.15, 0.2) is 0 Å². The fourth-order valence-corrected chi connectivity index (χ4v) is 3.31. The molecule has 0 aromatic heterocycles. The van der Waals surface area contributed by atoms with Crippen LogP contribution in [0.2, 0.25) is 0 Å². The number of nitrogens with two attached hydrogens (primary N) is 1. The first-order chi connectivity index (χ1) is 11.2. The third kappa shape index (κ3) is 4.82. The van der Waals surface area contributed by atoms with Crippen molar-refractivity contribution in [3.05, 3.63) is 70.8 Å². The molecular weight excluding hydrogens is 310 g/mol. The van der Waals surface area contributed by atoms with Crippen LogP contribution in [-0.4, -0.2) is 24.7 Å². The van der Waals surface area contributed by atoms with Gasteiger partial charge in [0.05, 0.1) is 19.3 Å². The summed E-state index contributed by atoms with van der Waals surface area (Å²) in [5.41, 5.74) is 9.58. The molecule has 1 unspecified atom stereocenters. The molecule has 0 spiro atoms. The van der Waals surface area contributed by atoms with Crippen LogP contribution in [0.3, 0.4) is 0 Å². The van der Waals surface area contributed by atoms with Crippen LogP contribution in [0, 0.1) is 0 Å². The molecule has 122 valence electrons. The van der Waals surface area contributed by atoms with Crippen LogP contribution in [0.1, 0.15) is 32.3 Å².